The van der Waals surface area contributed by atoms with Crippen molar-refractivity contribution in [2.75, 3.05) is 6.54 Å². The first-order valence-electron chi connectivity index (χ1n) is 10.3. The van der Waals surface area contributed by atoms with Crippen molar-refractivity contribution >= 4 is 23.7 Å². The molecule has 0 radical (unpaired) electrons. The highest BCUT2D eigenvalue weighted by atomic mass is 16.5. The topological polar surface area (TPSA) is 92.8 Å². The molecule has 7 nitrogen and oxygen atoms in total. The Morgan fingerprint density at radius 2 is 1.66 bits per heavy atom. The van der Waals surface area contributed by atoms with E-state index in [0.717, 1.165) is 31.2 Å². The molecular weight excluding hydrogens is 372 g/mol. The van der Waals surface area contributed by atoms with Crippen LogP contribution in [0.4, 0.5) is 0 Å². The number of hydrogen-bond acceptors (Lipinski definition) is 5. The fourth-order valence-corrected chi connectivity index (χ4v) is 4.12. The Labute approximate surface area is 170 Å². The third kappa shape index (κ3) is 4.83. The maximum Gasteiger partial charge on any atom is 0.308 e. The lowest BCUT2D eigenvalue weighted by molar-refractivity contribution is -0.155. The summed E-state index contributed by atoms with van der Waals surface area (Å²) in [6.45, 7) is 3.37. The number of nitrogens with one attached hydrogen (secondary N) is 1. The maximum absolute atomic E-state index is 12.4. The summed E-state index contributed by atoms with van der Waals surface area (Å²) in [7, 11) is 0. The molecule has 1 saturated heterocycles. The number of rotatable bonds is 7. The molecule has 1 saturated carbocycles. The Hall–Kier alpha value is -2.70. The molecule has 2 aliphatic rings. The molecule has 0 aromatic heterocycles. The predicted molar refractivity (Wildman–Crippen MR) is 105 cm³/mol. The molecular formula is C22H28N2O5. The molecule has 0 bridgehead atoms. The van der Waals surface area contributed by atoms with Crippen LogP contribution >= 0.6 is 0 Å². The van der Waals surface area contributed by atoms with Crippen LogP contribution in [0.5, 0.6) is 0 Å². The number of likely N-dealkylation sites (tertiary alicyclic amines) is 1. The minimum atomic E-state index is -0.957. The van der Waals surface area contributed by atoms with Crippen molar-refractivity contribution in [2.24, 2.45) is 11.8 Å². The highest BCUT2D eigenvalue weighted by molar-refractivity contribution is 6.05. The van der Waals surface area contributed by atoms with Gasteiger partial charge in [-0.25, -0.2) is 0 Å². The molecule has 1 aliphatic heterocycles. The molecule has 3 amide bonds. The minimum Gasteiger partial charge on any atom is -0.452 e. The van der Waals surface area contributed by atoms with Crippen molar-refractivity contribution in [3.63, 3.8) is 0 Å². The van der Waals surface area contributed by atoms with Gasteiger partial charge in [-0.05, 0) is 32.3 Å². The molecule has 1 aliphatic carbocycles. The van der Waals surface area contributed by atoms with Gasteiger partial charge in [-0.2, -0.15) is 0 Å². The normalized spacial score (nSPS) is 23.3. The summed E-state index contributed by atoms with van der Waals surface area (Å²) in [4.78, 5) is 50.5. The summed E-state index contributed by atoms with van der Waals surface area (Å²) in [5, 5.41) is 2.81. The minimum absolute atomic E-state index is 0.0122. The van der Waals surface area contributed by atoms with Crippen LogP contribution in [0.15, 0.2) is 30.3 Å². The summed E-state index contributed by atoms with van der Waals surface area (Å²) < 4.78 is 5.20. The fourth-order valence-electron chi connectivity index (χ4n) is 4.12. The van der Waals surface area contributed by atoms with Gasteiger partial charge in [0.15, 0.2) is 6.10 Å². The number of carbonyl (C=O) groups is 4. The van der Waals surface area contributed by atoms with E-state index in [1.54, 1.807) is 0 Å². The van der Waals surface area contributed by atoms with E-state index >= 15 is 0 Å². The standard InChI is InChI=1S/C22H28N2O5/c1-14(16-8-4-3-5-9-16)23-20(26)15(2)29-19(25)12-13-24-21(27)17-10-6-7-11-18(17)22(24)28/h3-5,8-9,14-15,17-18H,6-7,10-13H2,1-2H3,(H,23,26). The Bertz CT molecular complexity index is 755. The van der Waals surface area contributed by atoms with E-state index in [9.17, 15) is 19.2 Å². The molecule has 1 aromatic rings. The zero-order chi connectivity index (χ0) is 21.0. The highest BCUT2D eigenvalue weighted by Crippen LogP contribution is 2.37. The number of nitrogens with zero attached hydrogens (tertiary/aromatic N) is 1. The average molecular weight is 400 g/mol. The fraction of sp³-hybridized carbons (Fsp3) is 0.545. The lowest BCUT2D eigenvalue weighted by atomic mass is 9.81. The van der Waals surface area contributed by atoms with Crippen molar-refractivity contribution < 1.29 is 23.9 Å². The summed E-state index contributed by atoms with van der Waals surface area (Å²) >= 11 is 0. The van der Waals surface area contributed by atoms with Gasteiger partial charge in [0.05, 0.1) is 24.3 Å². The van der Waals surface area contributed by atoms with Crippen molar-refractivity contribution in [1.29, 1.82) is 0 Å². The van der Waals surface area contributed by atoms with Crippen LogP contribution in [0.1, 0.15) is 57.6 Å². The van der Waals surface area contributed by atoms with Gasteiger partial charge >= 0.3 is 5.97 Å². The van der Waals surface area contributed by atoms with E-state index in [1.807, 2.05) is 37.3 Å². The second kappa shape index (κ2) is 9.20. The smallest absolute Gasteiger partial charge is 0.308 e. The van der Waals surface area contributed by atoms with Gasteiger partial charge in [0, 0.05) is 6.54 Å². The van der Waals surface area contributed by atoms with E-state index in [0.29, 0.717) is 0 Å². The number of esters is 1. The number of amides is 3. The van der Waals surface area contributed by atoms with Gasteiger partial charge in [0.25, 0.3) is 5.91 Å². The molecule has 3 rings (SSSR count). The van der Waals surface area contributed by atoms with Crippen LogP contribution in [-0.4, -0.2) is 41.2 Å². The quantitative estimate of drug-likeness (QED) is 0.560. The third-order valence-electron chi connectivity index (χ3n) is 5.81. The first-order valence-corrected chi connectivity index (χ1v) is 10.3. The van der Waals surface area contributed by atoms with E-state index in [1.165, 1.54) is 11.8 Å². The number of ether oxygens (including phenoxy) is 1. The van der Waals surface area contributed by atoms with Crippen LogP contribution < -0.4 is 5.32 Å². The van der Waals surface area contributed by atoms with E-state index in [-0.39, 0.29) is 42.7 Å². The SMILES string of the molecule is CC(OC(=O)CCN1C(=O)C2CCCCC2C1=O)C(=O)NC(C)c1ccccc1. The van der Waals surface area contributed by atoms with Gasteiger partial charge in [-0.1, -0.05) is 43.2 Å². The van der Waals surface area contributed by atoms with E-state index < -0.39 is 18.0 Å². The number of hydrogen-bond donors (Lipinski definition) is 1. The Morgan fingerprint density at radius 3 is 2.24 bits per heavy atom. The molecule has 4 atom stereocenters. The molecule has 4 unspecified atom stereocenters. The van der Waals surface area contributed by atoms with Gasteiger partial charge in [0.1, 0.15) is 0 Å². The predicted octanol–water partition coefficient (Wildman–Crippen LogP) is 2.36. The highest BCUT2D eigenvalue weighted by Gasteiger charge is 2.47. The van der Waals surface area contributed by atoms with Crippen LogP contribution in [0.2, 0.25) is 0 Å². The monoisotopic (exact) mass is 400 g/mol. The molecule has 1 N–H and O–H groups in total. The lowest BCUT2D eigenvalue weighted by Gasteiger charge is -2.19. The second-order valence-electron chi connectivity index (χ2n) is 7.85. The molecule has 29 heavy (non-hydrogen) atoms. The Balaban J connectivity index is 1.46. The molecule has 1 aromatic carbocycles. The molecule has 1 heterocycles. The van der Waals surface area contributed by atoms with Crippen LogP contribution in [0.25, 0.3) is 0 Å². The van der Waals surface area contributed by atoms with Gasteiger partial charge in [-0.15, -0.1) is 0 Å². The number of carbonyl (C=O) groups excluding carboxylic acids is 4. The molecule has 7 heteroatoms. The molecule has 0 spiro atoms. The van der Waals surface area contributed by atoms with Gasteiger partial charge < -0.3 is 10.1 Å². The largest absolute Gasteiger partial charge is 0.452 e. The van der Waals surface area contributed by atoms with Crippen molar-refractivity contribution in [3.05, 3.63) is 35.9 Å². The first-order chi connectivity index (χ1) is 13.9. The number of benzene rings is 1. The third-order valence-corrected chi connectivity index (χ3v) is 5.81. The van der Waals surface area contributed by atoms with Crippen molar-refractivity contribution in [2.45, 2.75) is 58.1 Å². The number of fused-ring (bicyclic) bond motifs is 1. The van der Waals surface area contributed by atoms with Crippen LogP contribution in [0, 0.1) is 11.8 Å². The summed E-state index contributed by atoms with van der Waals surface area (Å²) in [6.07, 6.45) is 2.35. The molecule has 156 valence electrons. The Kier molecular flexibility index (Phi) is 6.67. The van der Waals surface area contributed by atoms with Crippen molar-refractivity contribution in [3.8, 4) is 0 Å². The second-order valence-corrected chi connectivity index (χ2v) is 7.85. The van der Waals surface area contributed by atoms with Gasteiger partial charge in [0.2, 0.25) is 11.8 Å². The van der Waals surface area contributed by atoms with E-state index in [2.05, 4.69) is 5.32 Å². The summed E-state index contributed by atoms with van der Waals surface area (Å²) in [6, 6.07) is 9.27. The summed E-state index contributed by atoms with van der Waals surface area (Å²) in [5.74, 6) is -1.79. The maximum atomic E-state index is 12.4. The first kappa shape index (κ1) is 21.0. The molecule has 2 fully saturated rings. The van der Waals surface area contributed by atoms with Crippen LogP contribution in [-0.2, 0) is 23.9 Å². The zero-order valence-corrected chi connectivity index (χ0v) is 16.9. The summed E-state index contributed by atoms with van der Waals surface area (Å²) in [5.41, 5.74) is 0.951. The van der Waals surface area contributed by atoms with Gasteiger partial charge in [-0.3, -0.25) is 24.1 Å². The van der Waals surface area contributed by atoms with E-state index in [4.69, 9.17) is 4.74 Å². The van der Waals surface area contributed by atoms with Crippen molar-refractivity contribution in [1.82, 2.24) is 10.2 Å². The number of imide groups is 1. The Morgan fingerprint density at radius 1 is 1.07 bits per heavy atom. The lowest BCUT2D eigenvalue weighted by Crippen LogP contribution is -2.38. The average Bonchev–Trinajstić information content (AvgIpc) is 2.97. The zero-order valence-electron chi connectivity index (χ0n) is 16.9. The van der Waals surface area contributed by atoms with Crippen LogP contribution in [0.3, 0.4) is 0 Å².